The molecular formula is C22H34F4N5O8PS. The van der Waals surface area contributed by atoms with Gasteiger partial charge in [0.2, 0.25) is 5.60 Å². The number of nitrogens with two attached hydrogens (primary N) is 1. The summed E-state index contributed by atoms with van der Waals surface area (Å²) in [6.45, 7) is 3.14. The largest absolute Gasteiger partial charge is 0.462 e. The predicted octanol–water partition coefficient (Wildman–Crippen LogP) is 1.45. The highest BCUT2D eigenvalue weighted by Gasteiger charge is 2.74. The fourth-order valence-corrected chi connectivity index (χ4v) is 6.52. The summed E-state index contributed by atoms with van der Waals surface area (Å²) < 4.78 is 80.6. The predicted molar refractivity (Wildman–Crippen MR) is 141 cm³/mol. The molecule has 5 N–H and O–H groups in total. The Labute approximate surface area is 238 Å². The maximum absolute atomic E-state index is 15.4. The Morgan fingerprint density at radius 3 is 2.05 bits per heavy atom. The lowest BCUT2D eigenvalue weighted by atomic mass is 9.95. The highest BCUT2D eigenvalue weighted by Crippen LogP contribution is 2.53. The zero-order chi connectivity index (χ0) is 31.5. The van der Waals surface area contributed by atoms with Crippen LogP contribution in [0.5, 0.6) is 0 Å². The third kappa shape index (κ3) is 8.00. The van der Waals surface area contributed by atoms with Gasteiger partial charge in [-0.15, -0.1) is 0 Å². The van der Waals surface area contributed by atoms with Crippen LogP contribution in [0.3, 0.4) is 0 Å². The normalized spacial score (nSPS) is 24.0. The van der Waals surface area contributed by atoms with Crippen molar-refractivity contribution < 1.29 is 51.0 Å². The number of hydrogen-bond donors (Lipinski definition) is 4. The van der Waals surface area contributed by atoms with Crippen molar-refractivity contribution in [1.82, 2.24) is 19.7 Å². The van der Waals surface area contributed by atoms with Gasteiger partial charge in [-0.05, 0) is 59.4 Å². The number of alkyl halides is 4. The minimum absolute atomic E-state index is 0.290. The Kier molecular flexibility index (Phi) is 11.4. The molecule has 1 saturated heterocycles. The van der Waals surface area contributed by atoms with E-state index in [4.69, 9.17) is 36.3 Å². The SMILES string of the molecule is CC(C)OC(=O)[C@H](C)NP(=S)(N[C@@H](C)C(=O)OC(C)C)OC[C@@]1(C(F)F)O[C@@H](n2ccc(N)nc2=O)[C@H](O)C1(F)F. The molecule has 0 bridgehead atoms. The van der Waals surface area contributed by atoms with Crippen LogP contribution >= 0.6 is 6.57 Å². The molecular weight excluding hydrogens is 601 g/mol. The van der Waals surface area contributed by atoms with Crippen molar-refractivity contribution in [1.29, 1.82) is 0 Å². The van der Waals surface area contributed by atoms with E-state index < -0.39 is 85.4 Å². The molecule has 1 fully saturated rings. The van der Waals surface area contributed by atoms with E-state index in [1.807, 2.05) is 0 Å². The van der Waals surface area contributed by atoms with E-state index in [9.17, 15) is 28.3 Å². The monoisotopic (exact) mass is 635 g/mol. The number of carbonyl (C=O) groups is 2. The Balaban J connectivity index is 2.45. The van der Waals surface area contributed by atoms with Gasteiger partial charge < -0.3 is 29.6 Å². The molecule has 0 spiro atoms. The van der Waals surface area contributed by atoms with Crippen molar-refractivity contribution in [3.63, 3.8) is 0 Å². The summed E-state index contributed by atoms with van der Waals surface area (Å²) in [4.78, 5) is 40.3. The van der Waals surface area contributed by atoms with E-state index in [-0.39, 0.29) is 5.82 Å². The average Bonchev–Trinajstić information content (AvgIpc) is 3.03. The molecule has 19 heteroatoms. The number of aromatic nitrogens is 2. The molecule has 2 rings (SSSR count). The first-order chi connectivity index (χ1) is 18.8. The van der Waals surface area contributed by atoms with Gasteiger partial charge in [-0.25, -0.2) is 23.7 Å². The van der Waals surface area contributed by atoms with Crippen LogP contribution in [-0.4, -0.2) is 81.5 Å². The third-order valence-electron chi connectivity index (χ3n) is 5.61. The van der Waals surface area contributed by atoms with E-state index in [1.54, 1.807) is 27.7 Å². The number of nitrogens with one attached hydrogen (secondary N) is 2. The Morgan fingerprint density at radius 1 is 1.15 bits per heavy atom. The smallest absolute Gasteiger partial charge is 0.351 e. The number of aliphatic hydroxyl groups is 1. The van der Waals surface area contributed by atoms with Crippen LogP contribution in [0, 0.1) is 0 Å². The molecule has 0 aromatic carbocycles. The molecule has 0 unspecified atom stereocenters. The first-order valence-electron chi connectivity index (χ1n) is 12.3. The number of hydrogen-bond acceptors (Lipinski definition) is 11. The highest BCUT2D eigenvalue weighted by molar-refractivity contribution is 8.10. The third-order valence-corrected chi connectivity index (χ3v) is 8.51. The second kappa shape index (κ2) is 13.4. The molecule has 0 aliphatic carbocycles. The zero-order valence-corrected chi connectivity index (χ0v) is 24.8. The lowest BCUT2D eigenvalue weighted by Crippen LogP contribution is -2.58. The van der Waals surface area contributed by atoms with Crippen LogP contribution in [-0.2, 0) is 40.1 Å². The van der Waals surface area contributed by atoms with Crippen LogP contribution in [0.15, 0.2) is 17.1 Å². The van der Waals surface area contributed by atoms with E-state index in [2.05, 4.69) is 15.2 Å². The topological polar surface area (TPSA) is 176 Å². The molecule has 2 heterocycles. The lowest BCUT2D eigenvalue weighted by molar-refractivity contribution is -0.241. The van der Waals surface area contributed by atoms with E-state index in [0.717, 1.165) is 12.3 Å². The number of halogens is 4. The molecule has 5 atom stereocenters. The minimum Gasteiger partial charge on any atom is -0.462 e. The van der Waals surface area contributed by atoms with Gasteiger partial charge in [0.1, 0.15) is 17.9 Å². The molecule has 41 heavy (non-hydrogen) atoms. The summed E-state index contributed by atoms with van der Waals surface area (Å²) in [6, 6.07) is -1.50. The first kappa shape index (κ1) is 35.0. The molecule has 1 aliphatic rings. The van der Waals surface area contributed by atoms with Gasteiger partial charge in [-0.3, -0.25) is 14.2 Å². The van der Waals surface area contributed by atoms with Gasteiger partial charge >= 0.3 is 23.6 Å². The molecule has 0 saturated carbocycles. The molecule has 1 aliphatic heterocycles. The van der Waals surface area contributed by atoms with Crippen LogP contribution in [0.25, 0.3) is 0 Å². The highest BCUT2D eigenvalue weighted by atomic mass is 32.4. The number of aliphatic hydroxyl groups excluding tert-OH is 1. The maximum atomic E-state index is 15.4. The summed E-state index contributed by atoms with van der Waals surface area (Å²) in [5.74, 6) is -6.68. The molecule has 1 aromatic rings. The number of nitrogen functional groups attached to an aromatic ring is 1. The Morgan fingerprint density at radius 2 is 1.63 bits per heavy atom. The molecule has 234 valence electrons. The lowest BCUT2D eigenvalue weighted by Gasteiger charge is -2.36. The van der Waals surface area contributed by atoms with Crippen molar-refractivity contribution in [2.24, 2.45) is 0 Å². The minimum atomic E-state index is -4.71. The quantitative estimate of drug-likeness (QED) is 0.139. The van der Waals surface area contributed by atoms with Crippen molar-refractivity contribution >= 4 is 36.1 Å². The van der Waals surface area contributed by atoms with Gasteiger partial charge in [0, 0.05) is 6.20 Å². The number of carbonyl (C=O) groups excluding carboxylic acids is 2. The van der Waals surface area contributed by atoms with Crippen molar-refractivity contribution in [3.8, 4) is 0 Å². The van der Waals surface area contributed by atoms with Crippen LogP contribution in [0.4, 0.5) is 23.4 Å². The maximum Gasteiger partial charge on any atom is 0.351 e. The van der Waals surface area contributed by atoms with Crippen molar-refractivity contribution in [3.05, 3.63) is 22.7 Å². The molecule has 0 amide bonds. The van der Waals surface area contributed by atoms with Crippen molar-refractivity contribution in [2.75, 3.05) is 12.3 Å². The summed E-state index contributed by atoms with van der Waals surface area (Å²) in [6.07, 6.45) is -9.52. The van der Waals surface area contributed by atoms with Crippen LogP contribution < -0.4 is 21.6 Å². The van der Waals surface area contributed by atoms with Gasteiger partial charge in [0.15, 0.2) is 18.9 Å². The van der Waals surface area contributed by atoms with Gasteiger partial charge in [0.25, 0.3) is 6.43 Å². The fraction of sp³-hybridized carbons (Fsp3) is 0.727. The van der Waals surface area contributed by atoms with Crippen LogP contribution in [0.2, 0.25) is 0 Å². The second-order valence-electron chi connectivity index (χ2n) is 9.81. The number of ether oxygens (including phenoxy) is 3. The van der Waals surface area contributed by atoms with Gasteiger partial charge in [-0.2, -0.15) is 13.8 Å². The summed E-state index contributed by atoms with van der Waals surface area (Å²) >= 11 is 5.42. The number of anilines is 1. The van der Waals surface area contributed by atoms with Crippen molar-refractivity contribution in [2.45, 2.75) is 96.1 Å². The number of esters is 2. The van der Waals surface area contributed by atoms with Gasteiger partial charge in [-0.1, -0.05) is 0 Å². The number of rotatable bonds is 13. The average molecular weight is 636 g/mol. The van der Waals surface area contributed by atoms with E-state index in [1.165, 1.54) is 13.8 Å². The van der Waals surface area contributed by atoms with Gasteiger partial charge in [0.05, 0.1) is 18.8 Å². The van der Waals surface area contributed by atoms with E-state index in [0.29, 0.717) is 4.57 Å². The summed E-state index contributed by atoms with van der Waals surface area (Å²) in [7, 11) is 0. The van der Waals surface area contributed by atoms with Crippen LogP contribution in [0.1, 0.15) is 47.8 Å². The second-order valence-corrected chi connectivity index (χ2v) is 13.2. The van der Waals surface area contributed by atoms with E-state index >= 15 is 8.78 Å². The fourth-order valence-electron chi connectivity index (χ4n) is 3.59. The Bertz CT molecular complexity index is 1170. The number of nitrogens with zero attached hydrogens (tertiary/aromatic N) is 2. The first-order valence-corrected chi connectivity index (χ1v) is 15.1. The molecule has 1 aromatic heterocycles. The summed E-state index contributed by atoms with van der Waals surface area (Å²) in [5.41, 5.74) is 0.293. The zero-order valence-electron chi connectivity index (χ0n) is 23.0. The summed E-state index contributed by atoms with van der Waals surface area (Å²) in [5, 5.41) is 15.4. The Hall–Kier alpha value is -2.21. The molecule has 0 radical (unpaired) electrons. The molecule has 13 nitrogen and oxygen atoms in total. The standard InChI is InChI=1S/C22H34F4N5O8PS/c1-10(2)37-17(33)12(5)29-40(41,30-13(6)18(34)38-11(3)4)36-9-21(19(23)24)22(25,26)15(32)16(39-21)31-8-7-14(27)28-20(31)35/h7-8,10-13,15-16,19,32H,9H2,1-6H3,(H2,27,28,35)(H2,29,30,41)/t12-,13-,15-,16+,21-/m0/s1.